The zero-order valence-corrected chi connectivity index (χ0v) is 21.6. The van der Waals surface area contributed by atoms with Crippen molar-refractivity contribution in [1.82, 2.24) is 15.5 Å². The minimum absolute atomic E-state index is 0.0230. The van der Waals surface area contributed by atoms with E-state index in [0.717, 1.165) is 12.8 Å². The van der Waals surface area contributed by atoms with Crippen LogP contribution in [-0.2, 0) is 19.2 Å². The smallest absolute Gasteiger partial charge is 0.248 e. The largest absolute Gasteiger partial charge is 0.381 e. The molecule has 0 aromatic carbocycles. The van der Waals surface area contributed by atoms with Crippen LogP contribution in [0, 0.1) is 34.5 Å². The number of rotatable bonds is 9. The number of nitrogens with zero attached hydrogens (tertiary/aromatic N) is 1. The van der Waals surface area contributed by atoms with Gasteiger partial charge in [-0.15, -0.1) is 0 Å². The van der Waals surface area contributed by atoms with Crippen LogP contribution in [0.2, 0.25) is 0 Å². The standard InChI is InChI=1S/C25H42N4O5/c1-12(2)21(32)28-19(24(3,4)5)23(34)29-11-14-16(25(14,6)7)17(29)22(33)27-15(10-13-8-9-13)18(30)20(26)31/h12-19,30H,8-11H2,1-7H3,(H2,26,31)(H,27,33)(H,28,32)/t14-,15?,16-,17-,18?,19+/m0/s1. The van der Waals surface area contributed by atoms with E-state index < -0.39 is 35.6 Å². The summed E-state index contributed by atoms with van der Waals surface area (Å²) in [6, 6.07) is -2.29. The predicted octanol–water partition coefficient (Wildman–Crippen LogP) is 0.787. The number of hydrogen-bond acceptors (Lipinski definition) is 5. The number of nitrogens with one attached hydrogen (secondary N) is 2. The lowest BCUT2D eigenvalue weighted by molar-refractivity contribution is -0.146. The SMILES string of the molecule is CC(C)C(=O)N[C@H](C(=O)N1C[C@H]2[C@@H]([C@H]1C(=O)NC(CC1CC1)C(O)C(N)=O)C2(C)C)C(C)(C)C. The second-order valence-corrected chi connectivity index (χ2v) is 12.5. The third kappa shape index (κ3) is 5.24. The Labute approximate surface area is 202 Å². The molecule has 0 bridgehead atoms. The highest BCUT2D eigenvalue weighted by Crippen LogP contribution is 2.65. The van der Waals surface area contributed by atoms with Crippen LogP contribution in [0.5, 0.6) is 0 Å². The number of nitrogens with two attached hydrogens (primary N) is 1. The quantitative estimate of drug-likeness (QED) is 0.388. The Morgan fingerprint density at radius 2 is 1.71 bits per heavy atom. The number of carbonyl (C=O) groups is 4. The molecule has 2 saturated carbocycles. The first-order chi connectivity index (χ1) is 15.6. The van der Waals surface area contributed by atoms with Crippen LogP contribution in [0.15, 0.2) is 0 Å². The van der Waals surface area contributed by atoms with Crippen molar-refractivity contribution >= 4 is 23.6 Å². The van der Waals surface area contributed by atoms with Gasteiger partial charge in [0.25, 0.3) is 0 Å². The number of primary amides is 1. The molecule has 5 N–H and O–H groups in total. The van der Waals surface area contributed by atoms with Gasteiger partial charge < -0.3 is 26.4 Å². The Bertz CT molecular complexity index is 845. The summed E-state index contributed by atoms with van der Waals surface area (Å²) >= 11 is 0. The molecule has 0 aromatic rings. The summed E-state index contributed by atoms with van der Waals surface area (Å²) in [6.45, 7) is 13.8. The number of piperidine rings is 1. The molecule has 3 rings (SSSR count). The number of fused-ring (bicyclic) bond motifs is 1. The molecule has 6 atom stereocenters. The third-order valence-electron chi connectivity index (χ3n) is 7.97. The van der Waals surface area contributed by atoms with Crippen LogP contribution in [0.3, 0.4) is 0 Å². The van der Waals surface area contributed by atoms with Crippen molar-refractivity contribution in [3.05, 3.63) is 0 Å². The van der Waals surface area contributed by atoms with Crippen molar-refractivity contribution in [3.63, 3.8) is 0 Å². The molecule has 1 aliphatic heterocycles. The molecule has 9 heteroatoms. The maximum atomic E-state index is 13.8. The summed E-state index contributed by atoms with van der Waals surface area (Å²) in [5, 5.41) is 16.1. The summed E-state index contributed by atoms with van der Waals surface area (Å²) in [5.74, 6) is -1.52. The number of aliphatic hydroxyl groups excluding tert-OH is 1. The number of aliphatic hydroxyl groups is 1. The summed E-state index contributed by atoms with van der Waals surface area (Å²) < 4.78 is 0. The second kappa shape index (κ2) is 9.13. The van der Waals surface area contributed by atoms with Crippen LogP contribution >= 0.6 is 0 Å². The van der Waals surface area contributed by atoms with Gasteiger partial charge in [-0.2, -0.15) is 0 Å². The van der Waals surface area contributed by atoms with Crippen LogP contribution < -0.4 is 16.4 Å². The van der Waals surface area contributed by atoms with Gasteiger partial charge in [0, 0.05) is 12.5 Å². The van der Waals surface area contributed by atoms with Gasteiger partial charge >= 0.3 is 0 Å². The van der Waals surface area contributed by atoms with Crippen LogP contribution in [-0.4, -0.2) is 64.4 Å². The van der Waals surface area contributed by atoms with Gasteiger partial charge in [0.05, 0.1) is 6.04 Å². The zero-order chi connectivity index (χ0) is 25.7. The molecule has 0 spiro atoms. The summed E-state index contributed by atoms with van der Waals surface area (Å²) in [6.07, 6.45) is 0.979. The Morgan fingerprint density at radius 1 is 1.12 bits per heavy atom. The van der Waals surface area contributed by atoms with Gasteiger partial charge in [0.15, 0.2) is 6.10 Å². The fourth-order valence-corrected chi connectivity index (χ4v) is 5.38. The fourth-order valence-electron chi connectivity index (χ4n) is 5.38. The zero-order valence-electron chi connectivity index (χ0n) is 21.6. The van der Waals surface area contributed by atoms with Crippen molar-refractivity contribution in [2.24, 2.45) is 40.2 Å². The predicted molar refractivity (Wildman–Crippen MR) is 127 cm³/mol. The van der Waals surface area contributed by atoms with Crippen molar-refractivity contribution < 1.29 is 24.3 Å². The topological polar surface area (TPSA) is 142 Å². The normalized spacial score (nSPS) is 28.0. The molecule has 192 valence electrons. The van der Waals surface area contributed by atoms with Gasteiger partial charge in [-0.05, 0) is 35.0 Å². The average Bonchev–Trinajstić information content (AvgIpc) is 3.56. The average molecular weight is 479 g/mol. The van der Waals surface area contributed by atoms with Gasteiger partial charge in [-0.25, -0.2) is 0 Å². The van der Waals surface area contributed by atoms with E-state index in [0.29, 0.717) is 18.9 Å². The summed E-state index contributed by atoms with van der Waals surface area (Å²) in [5.41, 5.74) is 4.68. The molecule has 0 radical (unpaired) electrons. The Kier molecular flexibility index (Phi) is 7.10. The number of likely N-dealkylation sites (tertiary alicyclic amines) is 1. The molecule has 2 unspecified atom stereocenters. The Balaban J connectivity index is 1.84. The molecular formula is C25H42N4O5. The maximum absolute atomic E-state index is 13.8. The fraction of sp³-hybridized carbons (Fsp3) is 0.840. The van der Waals surface area contributed by atoms with Crippen LogP contribution in [0.4, 0.5) is 0 Å². The monoisotopic (exact) mass is 478 g/mol. The lowest BCUT2D eigenvalue weighted by Crippen LogP contribution is -2.61. The first kappa shape index (κ1) is 26.4. The van der Waals surface area contributed by atoms with E-state index in [1.165, 1.54) is 0 Å². The lowest BCUT2D eigenvalue weighted by Gasteiger charge is -2.38. The minimum atomic E-state index is -1.48. The maximum Gasteiger partial charge on any atom is 0.248 e. The van der Waals surface area contributed by atoms with Gasteiger partial charge in [0.2, 0.25) is 23.6 Å². The molecule has 0 aromatic heterocycles. The highest BCUT2D eigenvalue weighted by molar-refractivity contribution is 5.94. The molecule has 3 aliphatic rings. The third-order valence-corrected chi connectivity index (χ3v) is 7.97. The second-order valence-electron chi connectivity index (χ2n) is 12.5. The molecule has 2 aliphatic carbocycles. The van der Waals surface area contributed by atoms with E-state index >= 15 is 0 Å². The van der Waals surface area contributed by atoms with Crippen molar-refractivity contribution in [2.75, 3.05) is 6.54 Å². The molecule has 3 fully saturated rings. The molecule has 9 nitrogen and oxygen atoms in total. The summed E-state index contributed by atoms with van der Waals surface area (Å²) in [4.78, 5) is 53.1. The number of carbonyl (C=O) groups excluding carboxylic acids is 4. The molecular weight excluding hydrogens is 436 g/mol. The van der Waals surface area contributed by atoms with Crippen LogP contribution in [0.25, 0.3) is 0 Å². The van der Waals surface area contributed by atoms with E-state index in [1.54, 1.807) is 18.7 Å². The highest BCUT2D eigenvalue weighted by atomic mass is 16.3. The lowest BCUT2D eigenvalue weighted by atomic mass is 9.84. The van der Waals surface area contributed by atoms with Gasteiger partial charge in [-0.3, -0.25) is 19.2 Å². The van der Waals surface area contributed by atoms with Crippen molar-refractivity contribution in [3.8, 4) is 0 Å². The Hall–Kier alpha value is -2.16. The van der Waals surface area contributed by atoms with E-state index in [-0.39, 0.29) is 40.9 Å². The minimum Gasteiger partial charge on any atom is -0.381 e. The molecule has 1 saturated heterocycles. The number of hydrogen-bond donors (Lipinski definition) is 4. The number of amides is 4. The molecule has 34 heavy (non-hydrogen) atoms. The molecule has 1 heterocycles. The van der Waals surface area contributed by atoms with Crippen molar-refractivity contribution in [1.29, 1.82) is 0 Å². The first-order valence-corrected chi connectivity index (χ1v) is 12.5. The molecule has 4 amide bonds. The van der Waals surface area contributed by atoms with Gasteiger partial charge in [-0.1, -0.05) is 61.3 Å². The summed E-state index contributed by atoms with van der Waals surface area (Å²) in [7, 11) is 0. The van der Waals surface area contributed by atoms with E-state index in [4.69, 9.17) is 5.73 Å². The first-order valence-electron chi connectivity index (χ1n) is 12.5. The highest BCUT2D eigenvalue weighted by Gasteiger charge is 2.69. The van der Waals surface area contributed by atoms with Crippen LogP contribution in [0.1, 0.15) is 67.7 Å². The van der Waals surface area contributed by atoms with E-state index in [1.807, 2.05) is 20.8 Å². The van der Waals surface area contributed by atoms with Gasteiger partial charge in [0.1, 0.15) is 12.1 Å². The van der Waals surface area contributed by atoms with Crippen molar-refractivity contribution in [2.45, 2.75) is 92.0 Å². The Morgan fingerprint density at radius 3 is 2.18 bits per heavy atom. The van der Waals surface area contributed by atoms with E-state index in [2.05, 4.69) is 24.5 Å². The van der Waals surface area contributed by atoms with E-state index in [9.17, 15) is 24.3 Å².